The molecule has 0 aliphatic rings. The van der Waals surface area contributed by atoms with Gasteiger partial charge in [-0.05, 0) is 43.3 Å². The quantitative estimate of drug-likeness (QED) is 0.578. The smallest absolute Gasteiger partial charge is 0.340 e. The van der Waals surface area contributed by atoms with Crippen molar-refractivity contribution in [1.82, 2.24) is 4.98 Å². The molecule has 0 spiro atoms. The molecule has 0 radical (unpaired) electrons. The number of carbonyl (C=O) groups excluding carboxylic acids is 2. The number of aromatic nitrogens is 1. The van der Waals surface area contributed by atoms with Crippen molar-refractivity contribution in [1.29, 1.82) is 0 Å². The third kappa shape index (κ3) is 4.50. The normalized spacial score (nSPS) is 10.7. The molecular weight excluding hydrogens is 411 g/mol. The van der Waals surface area contributed by atoms with Gasteiger partial charge in [0.25, 0.3) is 5.91 Å². The number of nitrogens with one attached hydrogen (secondary N) is 1. The number of nitrogens with zero attached hydrogens (tertiary/aromatic N) is 1. The summed E-state index contributed by atoms with van der Waals surface area (Å²) in [6.45, 7) is 1.20. The van der Waals surface area contributed by atoms with Crippen LogP contribution in [0.5, 0.6) is 0 Å². The van der Waals surface area contributed by atoms with Crippen molar-refractivity contribution in [2.45, 2.75) is 6.92 Å². The van der Waals surface area contributed by atoms with Crippen LogP contribution in [0.25, 0.3) is 10.9 Å². The molecular formula is C19H13Cl3N2O3. The lowest BCUT2D eigenvalue weighted by Crippen LogP contribution is -2.21. The number of ether oxygens (including phenoxy) is 1. The second kappa shape index (κ2) is 8.13. The van der Waals surface area contributed by atoms with Crippen LogP contribution < -0.4 is 5.32 Å². The summed E-state index contributed by atoms with van der Waals surface area (Å²) in [7, 11) is 0. The number of anilines is 1. The number of carbonyl (C=O) groups is 2. The van der Waals surface area contributed by atoms with E-state index < -0.39 is 18.5 Å². The first-order valence-electron chi connectivity index (χ1n) is 7.83. The number of para-hydroxylation sites is 1. The van der Waals surface area contributed by atoms with Gasteiger partial charge < -0.3 is 10.1 Å². The molecule has 0 saturated carbocycles. The summed E-state index contributed by atoms with van der Waals surface area (Å²) in [5.41, 5.74) is 1.72. The lowest BCUT2D eigenvalue weighted by Gasteiger charge is -2.10. The minimum atomic E-state index is -0.665. The van der Waals surface area contributed by atoms with Crippen LogP contribution in [0.2, 0.25) is 15.1 Å². The Morgan fingerprint density at radius 1 is 1.07 bits per heavy atom. The monoisotopic (exact) mass is 422 g/mol. The van der Waals surface area contributed by atoms with Crippen LogP contribution in [0.15, 0.2) is 42.5 Å². The van der Waals surface area contributed by atoms with Crippen molar-refractivity contribution in [2.24, 2.45) is 0 Å². The molecule has 27 heavy (non-hydrogen) atoms. The topological polar surface area (TPSA) is 68.3 Å². The van der Waals surface area contributed by atoms with E-state index in [-0.39, 0.29) is 21.3 Å². The fraction of sp³-hybridized carbons (Fsp3) is 0.105. The molecule has 5 nitrogen and oxygen atoms in total. The first kappa shape index (κ1) is 19.4. The third-order valence-electron chi connectivity index (χ3n) is 3.75. The summed E-state index contributed by atoms with van der Waals surface area (Å²) in [5.74, 6) is -1.23. The van der Waals surface area contributed by atoms with Crippen molar-refractivity contribution in [2.75, 3.05) is 11.9 Å². The van der Waals surface area contributed by atoms with Crippen LogP contribution in [-0.4, -0.2) is 23.5 Å². The molecule has 2 aromatic carbocycles. The van der Waals surface area contributed by atoms with Crippen LogP contribution in [0.3, 0.4) is 0 Å². The number of amides is 1. The Bertz CT molecular complexity index is 1030. The maximum Gasteiger partial charge on any atom is 0.340 e. The highest BCUT2D eigenvalue weighted by Crippen LogP contribution is 2.29. The molecule has 138 valence electrons. The molecule has 0 aliphatic carbocycles. The zero-order valence-corrected chi connectivity index (χ0v) is 16.3. The maximum absolute atomic E-state index is 12.4. The van der Waals surface area contributed by atoms with Crippen molar-refractivity contribution >= 4 is 63.3 Å². The van der Waals surface area contributed by atoms with E-state index in [9.17, 15) is 9.59 Å². The van der Waals surface area contributed by atoms with E-state index in [2.05, 4.69) is 10.3 Å². The van der Waals surface area contributed by atoms with Gasteiger partial charge in [0.1, 0.15) is 0 Å². The standard InChI is InChI=1S/C19H13Cl3N2O3/c1-10-13(8-11-7-12(20)5-6-16(11)23-10)19(26)27-9-17(25)24-18-14(21)3-2-4-15(18)22/h2-8H,9H2,1H3,(H,24,25). The Morgan fingerprint density at radius 3 is 2.48 bits per heavy atom. The van der Waals surface area contributed by atoms with Gasteiger partial charge in [-0.1, -0.05) is 40.9 Å². The van der Waals surface area contributed by atoms with E-state index >= 15 is 0 Å². The van der Waals surface area contributed by atoms with Gasteiger partial charge >= 0.3 is 5.97 Å². The number of hydrogen-bond donors (Lipinski definition) is 1. The first-order chi connectivity index (χ1) is 12.8. The molecule has 0 atom stereocenters. The fourth-order valence-electron chi connectivity index (χ4n) is 2.45. The van der Waals surface area contributed by atoms with E-state index in [4.69, 9.17) is 39.5 Å². The van der Waals surface area contributed by atoms with Gasteiger partial charge in [-0.3, -0.25) is 9.78 Å². The van der Waals surface area contributed by atoms with E-state index in [1.807, 2.05) is 0 Å². The SMILES string of the molecule is Cc1nc2ccc(Cl)cc2cc1C(=O)OCC(=O)Nc1c(Cl)cccc1Cl. The van der Waals surface area contributed by atoms with Crippen molar-refractivity contribution < 1.29 is 14.3 Å². The van der Waals surface area contributed by atoms with Gasteiger partial charge in [0.2, 0.25) is 0 Å². The average molecular weight is 424 g/mol. The Morgan fingerprint density at radius 2 is 1.78 bits per heavy atom. The van der Waals surface area contributed by atoms with Gasteiger partial charge in [0.15, 0.2) is 6.61 Å². The molecule has 1 N–H and O–H groups in total. The summed E-state index contributed by atoms with van der Waals surface area (Å²) >= 11 is 18.0. The van der Waals surface area contributed by atoms with Crippen molar-refractivity contribution in [3.63, 3.8) is 0 Å². The lowest BCUT2D eigenvalue weighted by atomic mass is 10.1. The minimum Gasteiger partial charge on any atom is -0.452 e. The summed E-state index contributed by atoms with van der Waals surface area (Å²) < 4.78 is 5.09. The van der Waals surface area contributed by atoms with E-state index in [1.54, 1.807) is 49.4 Å². The second-order valence-electron chi connectivity index (χ2n) is 5.68. The first-order valence-corrected chi connectivity index (χ1v) is 8.96. The average Bonchev–Trinajstić information content (AvgIpc) is 2.62. The van der Waals surface area contributed by atoms with Crippen LogP contribution in [-0.2, 0) is 9.53 Å². The third-order valence-corrected chi connectivity index (χ3v) is 4.61. The van der Waals surface area contributed by atoms with E-state index in [0.717, 1.165) is 0 Å². The molecule has 0 aliphatic heterocycles. The number of fused-ring (bicyclic) bond motifs is 1. The predicted octanol–water partition coefficient (Wildman–Crippen LogP) is 5.30. The van der Waals surface area contributed by atoms with Crippen LogP contribution in [0.4, 0.5) is 5.69 Å². The molecule has 0 bridgehead atoms. The Kier molecular flexibility index (Phi) is 5.85. The fourth-order valence-corrected chi connectivity index (χ4v) is 3.12. The molecule has 1 heterocycles. The molecule has 0 unspecified atom stereocenters. The number of halogens is 3. The van der Waals surface area contributed by atoms with Gasteiger partial charge in [-0.15, -0.1) is 0 Å². The number of rotatable bonds is 4. The van der Waals surface area contributed by atoms with Gasteiger partial charge in [0.05, 0.1) is 32.5 Å². The highest BCUT2D eigenvalue weighted by molar-refractivity contribution is 6.39. The largest absolute Gasteiger partial charge is 0.452 e. The number of esters is 1. The molecule has 0 saturated heterocycles. The molecule has 8 heteroatoms. The van der Waals surface area contributed by atoms with Crippen LogP contribution in [0.1, 0.15) is 16.1 Å². The minimum absolute atomic E-state index is 0.258. The van der Waals surface area contributed by atoms with Gasteiger partial charge in [-0.2, -0.15) is 0 Å². The zero-order valence-electron chi connectivity index (χ0n) is 14.1. The van der Waals surface area contributed by atoms with E-state index in [0.29, 0.717) is 21.6 Å². The van der Waals surface area contributed by atoms with Crippen molar-refractivity contribution in [3.05, 3.63) is 68.8 Å². The molecule has 1 aromatic heterocycles. The van der Waals surface area contributed by atoms with Gasteiger partial charge in [0, 0.05) is 10.4 Å². The maximum atomic E-state index is 12.4. The Labute approximate surface area is 170 Å². The van der Waals surface area contributed by atoms with Crippen molar-refractivity contribution in [3.8, 4) is 0 Å². The highest BCUT2D eigenvalue weighted by atomic mass is 35.5. The predicted molar refractivity (Wildman–Crippen MR) is 107 cm³/mol. The van der Waals surface area contributed by atoms with Gasteiger partial charge in [-0.25, -0.2) is 4.79 Å². The highest BCUT2D eigenvalue weighted by Gasteiger charge is 2.16. The Balaban J connectivity index is 1.71. The summed E-state index contributed by atoms with van der Waals surface area (Å²) in [5, 5.41) is 4.33. The molecule has 3 rings (SSSR count). The molecule has 3 aromatic rings. The number of pyridine rings is 1. The summed E-state index contributed by atoms with van der Waals surface area (Å²) in [6.07, 6.45) is 0. The van der Waals surface area contributed by atoms with Crippen LogP contribution in [0, 0.1) is 6.92 Å². The number of benzene rings is 2. The molecule has 1 amide bonds. The zero-order chi connectivity index (χ0) is 19.6. The number of hydrogen-bond acceptors (Lipinski definition) is 4. The lowest BCUT2D eigenvalue weighted by molar-refractivity contribution is -0.119. The second-order valence-corrected chi connectivity index (χ2v) is 6.93. The van der Waals surface area contributed by atoms with Crippen LogP contribution >= 0.6 is 34.8 Å². The number of aryl methyl sites for hydroxylation is 1. The summed E-state index contributed by atoms with van der Waals surface area (Å²) in [6, 6.07) is 11.6. The summed E-state index contributed by atoms with van der Waals surface area (Å²) in [4.78, 5) is 28.8. The Hall–Kier alpha value is -2.34. The van der Waals surface area contributed by atoms with E-state index in [1.165, 1.54) is 0 Å². The molecule has 0 fully saturated rings.